The van der Waals surface area contributed by atoms with Crippen LogP contribution in [0, 0.1) is 6.92 Å². The molecule has 1 aliphatic rings. The summed E-state index contributed by atoms with van der Waals surface area (Å²) in [6.07, 6.45) is 0. The lowest BCUT2D eigenvalue weighted by Gasteiger charge is -2.24. The van der Waals surface area contributed by atoms with Crippen molar-refractivity contribution in [1.82, 2.24) is 4.90 Å². The maximum atomic E-state index is 13.0. The number of carbonyl (C=O) groups is 1. The highest BCUT2D eigenvalue weighted by atomic mass is 32.2. The van der Waals surface area contributed by atoms with E-state index in [1.54, 1.807) is 11.8 Å². The second kappa shape index (κ2) is 8.53. The van der Waals surface area contributed by atoms with Gasteiger partial charge >= 0.3 is 0 Å². The molecule has 0 saturated carbocycles. The number of benzene rings is 3. The molecule has 0 unspecified atom stereocenters. The molecule has 4 rings (SSSR count). The van der Waals surface area contributed by atoms with E-state index in [-0.39, 0.29) is 11.3 Å². The Hall–Kier alpha value is -2.72. The van der Waals surface area contributed by atoms with Crippen molar-refractivity contribution < 1.29 is 9.53 Å². The van der Waals surface area contributed by atoms with Gasteiger partial charge in [0.05, 0.1) is 0 Å². The lowest BCUT2D eigenvalue weighted by Crippen LogP contribution is -2.30. The maximum Gasteiger partial charge on any atom is 0.255 e. The molecule has 4 heteroatoms. The first-order chi connectivity index (χ1) is 13.7. The van der Waals surface area contributed by atoms with Crippen molar-refractivity contribution in [2.24, 2.45) is 0 Å². The number of ether oxygens (including phenoxy) is 1. The van der Waals surface area contributed by atoms with E-state index >= 15 is 0 Å². The Morgan fingerprint density at radius 3 is 2.61 bits per heavy atom. The fourth-order valence-corrected chi connectivity index (χ4v) is 4.56. The highest BCUT2D eigenvalue weighted by Gasteiger charge is 2.31. The fraction of sp³-hybridized carbons (Fsp3) is 0.208. The third-order valence-corrected chi connectivity index (χ3v) is 6.10. The second-order valence-corrected chi connectivity index (χ2v) is 8.12. The van der Waals surface area contributed by atoms with Crippen LogP contribution in [0.5, 0.6) is 5.75 Å². The molecule has 1 saturated heterocycles. The number of hydrogen-bond acceptors (Lipinski definition) is 3. The van der Waals surface area contributed by atoms with E-state index in [1.165, 1.54) is 0 Å². The van der Waals surface area contributed by atoms with E-state index in [4.69, 9.17) is 4.74 Å². The predicted octanol–water partition coefficient (Wildman–Crippen LogP) is 5.46. The minimum Gasteiger partial charge on any atom is -0.489 e. The van der Waals surface area contributed by atoms with Gasteiger partial charge < -0.3 is 9.64 Å². The van der Waals surface area contributed by atoms with Crippen LogP contribution in [0.1, 0.15) is 32.4 Å². The van der Waals surface area contributed by atoms with Crippen LogP contribution in [0.3, 0.4) is 0 Å². The number of aryl methyl sites for hydroxylation is 1. The highest BCUT2D eigenvalue weighted by molar-refractivity contribution is 7.99. The maximum absolute atomic E-state index is 13.0. The molecule has 0 N–H and O–H groups in total. The molecule has 1 heterocycles. The zero-order chi connectivity index (χ0) is 19.3. The van der Waals surface area contributed by atoms with Crippen molar-refractivity contribution in [2.75, 3.05) is 12.3 Å². The number of carbonyl (C=O) groups excluding carboxylic acids is 1. The molecule has 1 amide bonds. The van der Waals surface area contributed by atoms with Gasteiger partial charge in [0.2, 0.25) is 0 Å². The van der Waals surface area contributed by atoms with Gasteiger partial charge in [-0.15, -0.1) is 11.8 Å². The molecule has 0 radical (unpaired) electrons. The molecule has 28 heavy (non-hydrogen) atoms. The molecule has 1 fully saturated rings. The van der Waals surface area contributed by atoms with Gasteiger partial charge in [-0.25, -0.2) is 0 Å². The minimum absolute atomic E-state index is 0.0223. The van der Waals surface area contributed by atoms with Gasteiger partial charge in [-0.2, -0.15) is 0 Å². The lowest BCUT2D eigenvalue weighted by molar-refractivity contribution is 0.0760. The van der Waals surface area contributed by atoms with Gasteiger partial charge in [-0.3, -0.25) is 4.79 Å². The standard InChI is InChI=1S/C24H23NO2S/c1-18-10-12-20(13-11-18)23(26)25-14-15-28-24(25)21-8-5-9-22(16-21)27-17-19-6-3-2-4-7-19/h2-13,16,24H,14-15,17H2,1H3/t24-/m1/s1. The quantitative estimate of drug-likeness (QED) is 0.580. The van der Waals surface area contributed by atoms with E-state index in [0.717, 1.165) is 40.3 Å². The van der Waals surface area contributed by atoms with Gasteiger partial charge in [-0.05, 0) is 42.3 Å². The van der Waals surface area contributed by atoms with Crippen LogP contribution >= 0.6 is 11.8 Å². The van der Waals surface area contributed by atoms with Crippen molar-refractivity contribution in [3.8, 4) is 5.75 Å². The number of hydrogen-bond donors (Lipinski definition) is 0. The molecule has 3 aromatic rings. The van der Waals surface area contributed by atoms with E-state index in [2.05, 4.69) is 24.3 Å². The summed E-state index contributed by atoms with van der Waals surface area (Å²) < 4.78 is 5.97. The summed E-state index contributed by atoms with van der Waals surface area (Å²) >= 11 is 1.80. The molecule has 1 aliphatic heterocycles. The summed E-state index contributed by atoms with van der Waals surface area (Å²) in [4.78, 5) is 15.0. The Morgan fingerprint density at radius 2 is 1.82 bits per heavy atom. The smallest absolute Gasteiger partial charge is 0.255 e. The van der Waals surface area contributed by atoms with E-state index in [0.29, 0.717) is 6.61 Å². The van der Waals surface area contributed by atoms with Crippen LogP contribution in [-0.2, 0) is 6.61 Å². The van der Waals surface area contributed by atoms with Crippen LogP contribution in [0.2, 0.25) is 0 Å². The Labute approximate surface area is 170 Å². The number of nitrogens with zero attached hydrogens (tertiary/aromatic N) is 1. The SMILES string of the molecule is Cc1ccc(C(=O)N2CCS[C@@H]2c2cccc(OCc3ccccc3)c2)cc1. The first-order valence-corrected chi connectivity index (χ1v) is 10.5. The zero-order valence-corrected chi connectivity index (χ0v) is 16.7. The van der Waals surface area contributed by atoms with Crippen molar-refractivity contribution >= 4 is 17.7 Å². The molecular weight excluding hydrogens is 366 g/mol. The Kier molecular flexibility index (Phi) is 5.68. The van der Waals surface area contributed by atoms with Crippen LogP contribution in [-0.4, -0.2) is 23.1 Å². The molecule has 3 aromatic carbocycles. The average molecular weight is 390 g/mol. The molecule has 0 spiro atoms. The topological polar surface area (TPSA) is 29.5 Å². The number of amides is 1. The van der Waals surface area contributed by atoms with Crippen molar-refractivity contribution in [3.05, 3.63) is 101 Å². The van der Waals surface area contributed by atoms with Crippen LogP contribution in [0.15, 0.2) is 78.9 Å². The largest absolute Gasteiger partial charge is 0.489 e. The molecule has 0 bridgehead atoms. The molecular formula is C24H23NO2S. The van der Waals surface area contributed by atoms with Gasteiger partial charge in [0.25, 0.3) is 5.91 Å². The summed E-state index contributed by atoms with van der Waals surface area (Å²) in [5.74, 6) is 1.86. The second-order valence-electron chi connectivity index (χ2n) is 6.93. The van der Waals surface area contributed by atoms with Crippen LogP contribution < -0.4 is 4.74 Å². The highest BCUT2D eigenvalue weighted by Crippen LogP contribution is 2.39. The number of thioether (sulfide) groups is 1. The summed E-state index contributed by atoms with van der Waals surface area (Å²) in [6, 6.07) is 26.0. The Balaban J connectivity index is 1.49. The summed E-state index contributed by atoms with van der Waals surface area (Å²) in [7, 11) is 0. The van der Waals surface area contributed by atoms with Crippen molar-refractivity contribution in [3.63, 3.8) is 0 Å². The molecule has 3 nitrogen and oxygen atoms in total. The predicted molar refractivity (Wildman–Crippen MR) is 115 cm³/mol. The Morgan fingerprint density at radius 1 is 1.04 bits per heavy atom. The van der Waals surface area contributed by atoms with Crippen molar-refractivity contribution in [2.45, 2.75) is 18.9 Å². The molecule has 0 aromatic heterocycles. The first-order valence-electron chi connectivity index (χ1n) is 9.46. The lowest BCUT2D eigenvalue weighted by atomic mass is 10.1. The van der Waals surface area contributed by atoms with Gasteiger partial charge in [0.15, 0.2) is 0 Å². The van der Waals surface area contributed by atoms with Gasteiger partial charge in [-0.1, -0.05) is 60.2 Å². The first kappa shape index (κ1) is 18.6. The van der Waals surface area contributed by atoms with Crippen LogP contribution in [0.25, 0.3) is 0 Å². The number of rotatable bonds is 5. The summed E-state index contributed by atoms with van der Waals surface area (Å²) in [6.45, 7) is 3.33. The summed E-state index contributed by atoms with van der Waals surface area (Å²) in [5, 5.41) is 0.0223. The third-order valence-electron chi connectivity index (χ3n) is 4.84. The van der Waals surface area contributed by atoms with Gasteiger partial charge in [0.1, 0.15) is 17.7 Å². The summed E-state index contributed by atoms with van der Waals surface area (Å²) in [5.41, 5.74) is 4.15. The zero-order valence-electron chi connectivity index (χ0n) is 15.9. The Bertz CT molecular complexity index is 940. The van der Waals surface area contributed by atoms with E-state index in [1.807, 2.05) is 66.4 Å². The average Bonchev–Trinajstić information content (AvgIpc) is 3.23. The molecule has 142 valence electrons. The minimum atomic E-state index is 0.0223. The van der Waals surface area contributed by atoms with Gasteiger partial charge in [0, 0.05) is 17.9 Å². The molecule has 1 atom stereocenters. The monoisotopic (exact) mass is 389 g/mol. The third kappa shape index (κ3) is 4.23. The molecule has 0 aliphatic carbocycles. The van der Waals surface area contributed by atoms with E-state index in [9.17, 15) is 4.79 Å². The van der Waals surface area contributed by atoms with Crippen molar-refractivity contribution in [1.29, 1.82) is 0 Å². The fourth-order valence-electron chi connectivity index (χ4n) is 3.31. The normalized spacial score (nSPS) is 16.2. The van der Waals surface area contributed by atoms with E-state index < -0.39 is 0 Å². The van der Waals surface area contributed by atoms with Crippen LogP contribution in [0.4, 0.5) is 0 Å².